The molecule has 0 bridgehead atoms. The van der Waals surface area contributed by atoms with Gasteiger partial charge in [0.25, 0.3) is 0 Å². The summed E-state index contributed by atoms with van der Waals surface area (Å²) in [7, 11) is 0. The van der Waals surface area contributed by atoms with Crippen LogP contribution in [0.25, 0.3) is 0 Å². The van der Waals surface area contributed by atoms with E-state index in [0.717, 1.165) is 24.3 Å². The number of hydrogen-bond donors (Lipinski definition) is 1. The average Bonchev–Trinajstić information content (AvgIpc) is 3.37. The summed E-state index contributed by atoms with van der Waals surface area (Å²) in [6.07, 6.45) is -9.59. The molecule has 1 aromatic heterocycles. The second kappa shape index (κ2) is 12.8. The molecule has 45 heavy (non-hydrogen) atoms. The van der Waals surface area contributed by atoms with Gasteiger partial charge in [-0.3, -0.25) is 4.57 Å². The molecule has 0 aliphatic carbocycles. The molecule has 0 fully saturated rings. The van der Waals surface area contributed by atoms with Crippen LogP contribution in [0.3, 0.4) is 0 Å². The highest BCUT2D eigenvalue weighted by Gasteiger charge is 2.39. The Hall–Kier alpha value is -5.23. The van der Waals surface area contributed by atoms with Crippen molar-refractivity contribution < 1.29 is 59.8 Å². The SMILES string of the molecule is CC1(COC(=O)N(Cc2ccc(OC(F)(F)F)cc2)C(=O)NCc2ccc(OC(F)(F)F)cc2)CCn2cc([N+](=O)[O-])nc2O1. The second-order valence-corrected chi connectivity index (χ2v) is 9.82. The summed E-state index contributed by atoms with van der Waals surface area (Å²) in [6, 6.07) is 7.80. The number of carbonyl (C=O) groups excluding carboxylic acids is 2. The predicted octanol–water partition coefficient (Wildman–Crippen LogP) is 5.68. The van der Waals surface area contributed by atoms with Gasteiger partial charge in [-0.1, -0.05) is 24.3 Å². The molecular formula is C26H23F6N5O8. The number of alkyl halides is 6. The number of rotatable bonds is 9. The lowest BCUT2D eigenvalue weighted by Gasteiger charge is -2.32. The smallest absolute Gasteiger partial charge is 0.445 e. The summed E-state index contributed by atoms with van der Waals surface area (Å²) >= 11 is 0. The number of nitro groups is 1. The third-order valence-electron chi connectivity index (χ3n) is 6.20. The number of nitrogens with zero attached hydrogens (tertiary/aromatic N) is 4. The molecule has 1 atom stereocenters. The van der Waals surface area contributed by atoms with E-state index in [0.29, 0.717) is 10.5 Å². The average molecular weight is 647 g/mol. The van der Waals surface area contributed by atoms with Gasteiger partial charge in [0, 0.05) is 24.5 Å². The summed E-state index contributed by atoms with van der Waals surface area (Å²) in [6.45, 7) is 0.669. The van der Waals surface area contributed by atoms with E-state index in [2.05, 4.69) is 19.8 Å². The fraction of sp³-hybridized carbons (Fsp3) is 0.346. The molecule has 242 valence electrons. The Balaban J connectivity index is 1.44. The standard InChI is InChI=1S/C26H23F6N5O8/c1-24(10-11-35-14-20(37(40)41)34-22(35)45-24)15-42-23(39)36(13-17-4-8-19(9-5-17)44-26(30,31)32)21(38)33-12-16-2-6-18(7-3-16)43-25(27,28)29/h2-9,14H,10-13,15H2,1H3,(H,33,38). The van der Waals surface area contributed by atoms with Crippen LogP contribution < -0.4 is 19.5 Å². The largest absolute Gasteiger partial charge is 0.573 e. The highest BCUT2D eigenvalue weighted by molar-refractivity contribution is 5.90. The van der Waals surface area contributed by atoms with Crippen LogP contribution in [-0.2, 0) is 24.4 Å². The highest BCUT2D eigenvalue weighted by atomic mass is 19.4. The number of urea groups is 1. The summed E-state index contributed by atoms with van der Waals surface area (Å²) < 4.78 is 94.9. The number of ether oxygens (including phenoxy) is 4. The highest BCUT2D eigenvalue weighted by Crippen LogP contribution is 2.30. The summed E-state index contributed by atoms with van der Waals surface area (Å²) in [4.78, 5) is 40.9. The molecule has 2 heterocycles. The molecule has 4 rings (SSSR count). The van der Waals surface area contributed by atoms with E-state index < -0.39 is 65.8 Å². The van der Waals surface area contributed by atoms with Crippen molar-refractivity contribution in [2.75, 3.05) is 6.61 Å². The van der Waals surface area contributed by atoms with Gasteiger partial charge in [0.2, 0.25) is 0 Å². The minimum absolute atomic E-state index is 0.0751. The molecule has 1 aliphatic heterocycles. The van der Waals surface area contributed by atoms with Crippen LogP contribution in [0.1, 0.15) is 24.5 Å². The first-order valence-electron chi connectivity index (χ1n) is 12.8. The van der Waals surface area contributed by atoms with Gasteiger partial charge >= 0.3 is 36.7 Å². The zero-order valence-corrected chi connectivity index (χ0v) is 23.1. The van der Waals surface area contributed by atoms with Gasteiger partial charge in [0.1, 0.15) is 29.9 Å². The number of amides is 3. The zero-order chi connectivity index (χ0) is 33.0. The number of fused-ring (bicyclic) bond motifs is 1. The Labute approximate surface area is 249 Å². The van der Waals surface area contributed by atoms with Gasteiger partial charge < -0.3 is 34.4 Å². The van der Waals surface area contributed by atoms with Crippen molar-refractivity contribution in [3.8, 4) is 17.5 Å². The molecule has 3 aromatic rings. The Morgan fingerprint density at radius 2 is 1.58 bits per heavy atom. The van der Waals surface area contributed by atoms with Crippen molar-refractivity contribution >= 4 is 17.9 Å². The molecule has 0 radical (unpaired) electrons. The van der Waals surface area contributed by atoms with Crippen molar-refractivity contribution in [2.24, 2.45) is 0 Å². The summed E-state index contributed by atoms with van der Waals surface area (Å²) in [5.74, 6) is -1.47. The molecule has 1 aliphatic rings. The lowest BCUT2D eigenvalue weighted by Crippen LogP contribution is -2.47. The number of halogens is 6. The van der Waals surface area contributed by atoms with Crippen LogP contribution in [0.2, 0.25) is 0 Å². The quantitative estimate of drug-likeness (QED) is 0.176. The minimum atomic E-state index is -4.94. The van der Waals surface area contributed by atoms with E-state index >= 15 is 0 Å². The number of hydrogen-bond acceptors (Lipinski definition) is 9. The molecule has 19 heteroatoms. The lowest BCUT2D eigenvalue weighted by molar-refractivity contribution is -0.389. The molecule has 0 saturated heterocycles. The number of imidazole rings is 1. The zero-order valence-electron chi connectivity index (χ0n) is 23.1. The normalized spacial score (nSPS) is 16.2. The molecule has 2 aromatic carbocycles. The van der Waals surface area contributed by atoms with Crippen molar-refractivity contribution in [2.45, 2.75) is 51.3 Å². The van der Waals surface area contributed by atoms with Gasteiger partial charge in [-0.15, -0.1) is 26.3 Å². The Kier molecular flexibility index (Phi) is 9.29. The topological polar surface area (TPSA) is 147 Å². The first-order valence-corrected chi connectivity index (χ1v) is 12.8. The number of aromatic nitrogens is 2. The van der Waals surface area contributed by atoms with Gasteiger partial charge in [-0.25, -0.2) is 14.5 Å². The van der Waals surface area contributed by atoms with Crippen LogP contribution in [0.5, 0.6) is 17.5 Å². The van der Waals surface area contributed by atoms with Crippen LogP contribution in [0, 0.1) is 10.1 Å². The number of aryl methyl sites for hydroxylation is 1. The van der Waals surface area contributed by atoms with Crippen LogP contribution in [0.4, 0.5) is 41.7 Å². The van der Waals surface area contributed by atoms with E-state index in [9.17, 15) is 46.0 Å². The van der Waals surface area contributed by atoms with E-state index in [-0.39, 0.29) is 31.1 Å². The number of imide groups is 1. The molecule has 1 N–H and O–H groups in total. The van der Waals surface area contributed by atoms with Crippen LogP contribution in [0.15, 0.2) is 54.7 Å². The maximum Gasteiger partial charge on any atom is 0.573 e. The van der Waals surface area contributed by atoms with Gasteiger partial charge in [-0.2, -0.15) is 0 Å². The Morgan fingerprint density at radius 3 is 2.11 bits per heavy atom. The van der Waals surface area contributed by atoms with E-state index in [1.165, 1.54) is 35.0 Å². The number of carbonyl (C=O) groups is 2. The molecule has 3 amide bonds. The maximum absolute atomic E-state index is 13.1. The molecule has 13 nitrogen and oxygen atoms in total. The first kappa shape index (κ1) is 32.7. The van der Waals surface area contributed by atoms with Gasteiger partial charge in [0.15, 0.2) is 0 Å². The Morgan fingerprint density at radius 1 is 1.02 bits per heavy atom. The molecular weight excluding hydrogens is 624 g/mol. The molecule has 1 unspecified atom stereocenters. The van der Waals surface area contributed by atoms with Crippen LogP contribution >= 0.6 is 0 Å². The van der Waals surface area contributed by atoms with Gasteiger partial charge in [0.05, 0.1) is 6.54 Å². The molecule has 0 saturated carbocycles. The fourth-order valence-corrected chi connectivity index (χ4v) is 4.02. The number of benzene rings is 2. The first-order chi connectivity index (χ1) is 21.0. The van der Waals surface area contributed by atoms with E-state index in [1.54, 1.807) is 6.92 Å². The predicted molar refractivity (Wildman–Crippen MR) is 138 cm³/mol. The summed E-state index contributed by atoms with van der Waals surface area (Å²) in [5, 5.41) is 13.5. The third-order valence-corrected chi connectivity index (χ3v) is 6.20. The van der Waals surface area contributed by atoms with Crippen molar-refractivity contribution in [1.29, 1.82) is 0 Å². The second-order valence-electron chi connectivity index (χ2n) is 9.82. The van der Waals surface area contributed by atoms with E-state index in [1.807, 2.05) is 0 Å². The van der Waals surface area contributed by atoms with Crippen molar-refractivity contribution in [3.63, 3.8) is 0 Å². The maximum atomic E-state index is 13.1. The lowest BCUT2D eigenvalue weighted by atomic mass is 10.0. The Bertz CT molecular complexity index is 1530. The number of nitrogens with one attached hydrogen (secondary N) is 1. The van der Waals surface area contributed by atoms with E-state index in [4.69, 9.17) is 9.47 Å². The van der Waals surface area contributed by atoms with Crippen LogP contribution in [-0.4, -0.2) is 56.4 Å². The van der Waals surface area contributed by atoms with Crippen molar-refractivity contribution in [3.05, 3.63) is 76.0 Å². The monoisotopic (exact) mass is 647 g/mol. The van der Waals surface area contributed by atoms with Crippen molar-refractivity contribution in [1.82, 2.24) is 19.8 Å². The third kappa shape index (κ3) is 9.38. The fourth-order valence-electron chi connectivity index (χ4n) is 4.02. The summed E-state index contributed by atoms with van der Waals surface area (Å²) in [5.41, 5.74) is -0.642. The van der Waals surface area contributed by atoms with Gasteiger partial charge in [-0.05, 0) is 47.2 Å². The molecule has 0 spiro atoms. The minimum Gasteiger partial charge on any atom is -0.445 e.